The molecule has 0 saturated carbocycles. The fraction of sp³-hybridized carbons (Fsp3) is 0.344. The number of amides is 2. The van der Waals surface area contributed by atoms with Gasteiger partial charge < -0.3 is 25.8 Å². The molecule has 1 unspecified atom stereocenters. The van der Waals surface area contributed by atoms with Gasteiger partial charge in [-0.2, -0.15) is 13.2 Å². The number of nitrogens with one attached hydrogen (secondary N) is 4. The summed E-state index contributed by atoms with van der Waals surface area (Å²) in [6, 6.07) is 13.1. The van der Waals surface area contributed by atoms with E-state index in [0.29, 0.717) is 36.2 Å². The van der Waals surface area contributed by atoms with Crippen molar-refractivity contribution in [3.63, 3.8) is 0 Å². The number of carbonyl (C=O) groups is 2. The lowest BCUT2D eigenvalue weighted by Gasteiger charge is -2.22. The Morgan fingerprint density at radius 3 is 2.55 bits per heavy atom. The van der Waals surface area contributed by atoms with Crippen LogP contribution in [0.5, 0.6) is 0 Å². The van der Waals surface area contributed by atoms with E-state index >= 15 is 0 Å². The summed E-state index contributed by atoms with van der Waals surface area (Å²) in [4.78, 5) is 36.5. The van der Waals surface area contributed by atoms with Crippen LogP contribution in [-0.4, -0.2) is 71.9 Å². The molecule has 2 aromatic carbocycles. The smallest absolute Gasteiger partial charge is 0.380 e. The summed E-state index contributed by atoms with van der Waals surface area (Å²) in [6.07, 6.45) is -2.03. The fourth-order valence-corrected chi connectivity index (χ4v) is 5.45. The molecule has 0 aliphatic carbocycles. The van der Waals surface area contributed by atoms with Gasteiger partial charge in [0.1, 0.15) is 11.3 Å². The number of fused-ring (bicyclic) bond motifs is 1. The zero-order valence-corrected chi connectivity index (χ0v) is 25.1. The second-order valence-corrected chi connectivity index (χ2v) is 11.4. The number of carbonyl (C=O) groups excluding carboxylic acids is 2. The van der Waals surface area contributed by atoms with Crippen LogP contribution in [0.4, 0.5) is 24.5 Å². The quantitative estimate of drug-likeness (QED) is 0.207. The van der Waals surface area contributed by atoms with Crippen molar-refractivity contribution < 1.29 is 22.8 Å². The minimum Gasteiger partial charge on any atom is -0.380 e. The number of hydrogen-bond donors (Lipinski definition) is 4. The number of rotatable bonds is 9. The van der Waals surface area contributed by atoms with Crippen LogP contribution in [0.3, 0.4) is 0 Å². The van der Waals surface area contributed by atoms with Crippen LogP contribution >= 0.6 is 0 Å². The molecule has 5 rings (SSSR count). The highest BCUT2D eigenvalue weighted by molar-refractivity contribution is 6.04. The number of pyridine rings is 1. The SMILES string of the molecule is CNC(=O)c1cc2cc(NCc3cc(NC(=O)c4ccc(CN5CCC(N(C)C)C5)c(C(F)(F)F)c4)ccc3C)cnc2[nH]1. The monoisotopic (exact) mass is 607 g/mol. The zero-order chi connectivity index (χ0) is 31.6. The Morgan fingerprint density at radius 2 is 1.84 bits per heavy atom. The van der Waals surface area contributed by atoms with Gasteiger partial charge in [-0.05, 0) is 80.5 Å². The highest BCUT2D eigenvalue weighted by atomic mass is 19.4. The summed E-state index contributed by atoms with van der Waals surface area (Å²) < 4.78 is 42.2. The van der Waals surface area contributed by atoms with Crippen LogP contribution in [0.2, 0.25) is 0 Å². The molecule has 12 heteroatoms. The van der Waals surface area contributed by atoms with Gasteiger partial charge >= 0.3 is 6.18 Å². The van der Waals surface area contributed by atoms with E-state index in [1.54, 1.807) is 31.4 Å². The Morgan fingerprint density at radius 1 is 1.05 bits per heavy atom. The molecule has 4 aromatic rings. The lowest BCUT2D eigenvalue weighted by molar-refractivity contribution is -0.138. The average Bonchev–Trinajstić information content (AvgIpc) is 3.64. The van der Waals surface area contributed by atoms with E-state index in [4.69, 9.17) is 0 Å². The number of aromatic nitrogens is 2. The number of alkyl halides is 3. The third-order valence-corrected chi connectivity index (χ3v) is 8.08. The van der Waals surface area contributed by atoms with Crippen LogP contribution in [0.1, 0.15) is 49.5 Å². The van der Waals surface area contributed by atoms with Crippen LogP contribution in [0, 0.1) is 6.92 Å². The fourth-order valence-electron chi connectivity index (χ4n) is 5.45. The molecule has 9 nitrogen and oxygen atoms in total. The minimum atomic E-state index is -4.59. The number of hydrogen-bond acceptors (Lipinski definition) is 6. The van der Waals surface area contributed by atoms with E-state index in [1.165, 1.54) is 12.1 Å². The van der Waals surface area contributed by atoms with Gasteiger partial charge in [0, 0.05) is 55.9 Å². The number of likely N-dealkylation sites (N-methyl/N-ethyl adjacent to an activating group) is 1. The van der Waals surface area contributed by atoms with Crippen molar-refractivity contribution in [1.82, 2.24) is 25.1 Å². The minimum absolute atomic E-state index is 0.0593. The first-order valence-electron chi connectivity index (χ1n) is 14.4. The maximum absolute atomic E-state index is 14.1. The first-order valence-corrected chi connectivity index (χ1v) is 14.4. The number of halogens is 3. The Bertz CT molecular complexity index is 1680. The third kappa shape index (κ3) is 7.03. The van der Waals surface area contributed by atoms with Gasteiger partial charge in [-0.3, -0.25) is 14.5 Å². The van der Waals surface area contributed by atoms with E-state index < -0.39 is 17.6 Å². The van der Waals surface area contributed by atoms with Gasteiger partial charge in [0.15, 0.2) is 0 Å². The standard InChI is InChI=1S/C32H36F3N7O2/c1-19-5-8-24(12-23(19)15-37-25-11-22-14-28(31(44)36-2)40-29(22)38-16-25)39-30(43)20-6-7-21(27(13-20)32(33,34)35)17-42-10-9-26(18-42)41(3)4/h5-8,11-14,16,26,37H,9-10,15,17-18H2,1-4H3,(H,36,44)(H,38,40)(H,39,43). The van der Waals surface area contributed by atoms with Gasteiger partial charge in [-0.15, -0.1) is 0 Å². The Kier molecular flexibility index (Phi) is 8.93. The molecular weight excluding hydrogens is 571 g/mol. The van der Waals surface area contributed by atoms with Crippen molar-refractivity contribution in [2.24, 2.45) is 0 Å². The summed E-state index contributed by atoms with van der Waals surface area (Å²) in [7, 11) is 5.51. The zero-order valence-electron chi connectivity index (χ0n) is 25.1. The maximum Gasteiger partial charge on any atom is 0.416 e. The molecule has 4 N–H and O–H groups in total. The molecule has 1 aliphatic rings. The lowest BCUT2D eigenvalue weighted by Crippen LogP contribution is -2.31. The predicted octanol–water partition coefficient (Wildman–Crippen LogP) is 5.25. The molecule has 1 aliphatic heterocycles. The van der Waals surface area contributed by atoms with Crippen LogP contribution < -0.4 is 16.0 Å². The normalized spacial score (nSPS) is 15.6. The number of likely N-dealkylation sites (tertiary alicyclic amines) is 1. The highest BCUT2D eigenvalue weighted by Gasteiger charge is 2.35. The number of aromatic amines is 1. The van der Waals surface area contributed by atoms with Crippen molar-refractivity contribution >= 4 is 34.2 Å². The van der Waals surface area contributed by atoms with E-state index in [-0.39, 0.29) is 23.6 Å². The molecule has 0 bridgehead atoms. The summed E-state index contributed by atoms with van der Waals surface area (Å²) in [5, 5.41) is 9.40. The Balaban J connectivity index is 1.27. The van der Waals surface area contributed by atoms with Gasteiger partial charge in [0.05, 0.1) is 17.4 Å². The van der Waals surface area contributed by atoms with Crippen molar-refractivity contribution in [3.05, 3.63) is 88.2 Å². The third-order valence-electron chi connectivity index (χ3n) is 8.08. The molecule has 2 amide bonds. The molecular formula is C32H36F3N7O2. The summed E-state index contributed by atoms with van der Waals surface area (Å²) in [5.41, 5.74) is 3.37. The largest absolute Gasteiger partial charge is 0.416 e. The number of nitrogens with zero attached hydrogens (tertiary/aromatic N) is 3. The second kappa shape index (κ2) is 12.7. The van der Waals surface area contributed by atoms with Crippen molar-refractivity contribution in [1.29, 1.82) is 0 Å². The maximum atomic E-state index is 14.1. The van der Waals surface area contributed by atoms with Gasteiger partial charge in [0.25, 0.3) is 11.8 Å². The molecule has 44 heavy (non-hydrogen) atoms. The summed E-state index contributed by atoms with van der Waals surface area (Å²) >= 11 is 0. The van der Waals surface area contributed by atoms with Crippen LogP contribution in [0.25, 0.3) is 11.0 Å². The molecule has 1 atom stereocenters. The van der Waals surface area contributed by atoms with E-state index in [1.807, 2.05) is 38.1 Å². The van der Waals surface area contributed by atoms with Crippen molar-refractivity contribution in [2.75, 3.05) is 44.9 Å². The van der Waals surface area contributed by atoms with Crippen LogP contribution in [-0.2, 0) is 19.3 Å². The van der Waals surface area contributed by atoms with Gasteiger partial charge in [-0.1, -0.05) is 12.1 Å². The first kappa shape index (κ1) is 31.0. The predicted molar refractivity (Wildman–Crippen MR) is 165 cm³/mol. The average molecular weight is 608 g/mol. The van der Waals surface area contributed by atoms with E-state index in [0.717, 1.165) is 41.2 Å². The first-order chi connectivity index (χ1) is 20.9. The highest BCUT2D eigenvalue weighted by Crippen LogP contribution is 2.34. The molecule has 0 radical (unpaired) electrons. The second-order valence-electron chi connectivity index (χ2n) is 11.4. The molecule has 3 heterocycles. The van der Waals surface area contributed by atoms with E-state index in [2.05, 4.69) is 30.8 Å². The lowest BCUT2D eigenvalue weighted by atomic mass is 10.0. The number of anilines is 2. The molecule has 1 fully saturated rings. The molecule has 232 valence electrons. The summed E-state index contributed by atoms with van der Waals surface area (Å²) in [6.45, 7) is 3.95. The Labute approximate surface area is 253 Å². The van der Waals surface area contributed by atoms with Crippen LogP contribution in [0.15, 0.2) is 54.7 Å². The summed E-state index contributed by atoms with van der Waals surface area (Å²) in [5.74, 6) is -0.856. The number of H-pyrrole nitrogens is 1. The number of benzene rings is 2. The number of aryl methyl sites for hydroxylation is 1. The van der Waals surface area contributed by atoms with Gasteiger partial charge in [-0.25, -0.2) is 4.98 Å². The Hall–Kier alpha value is -4.42. The van der Waals surface area contributed by atoms with E-state index in [9.17, 15) is 22.8 Å². The molecule has 1 saturated heterocycles. The van der Waals surface area contributed by atoms with Crippen molar-refractivity contribution in [2.45, 2.75) is 38.7 Å². The van der Waals surface area contributed by atoms with Gasteiger partial charge in [0.2, 0.25) is 0 Å². The van der Waals surface area contributed by atoms with Crippen molar-refractivity contribution in [3.8, 4) is 0 Å². The molecule has 0 spiro atoms. The topological polar surface area (TPSA) is 105 Å². The molecule has 2 aromatic heterocycles.